The summed E-state index contributed by atoms with van der Waals surface area (Å²) in [5.74, 6) is -2.39. The number of nitrogens with zero attached hydrogens (tertiary/aromatic N) is 1. The second-order valence-corrected chi connectivity index (χ2v) is 8.12. The molecule has 1 aromatic carbocycles. The van der Waals surface area contributed by atoms with E-state index in [9.17, 15) is 23.1 Å². The van der Waals surface area contributed by atoms with Crippen LogP contribution in [0.5, 0.6) is 0 Å². The first-order chi connectivity index (χ1) is 11.3. The number of sulfonamides is 1. The van der Waals surface area contributed by atoms with E-state index in [1.807, 2.05) is 0 Å². The average molecular weight is 353 g/mol. The lowest BCUT2D eigenvalue weighted by atomic mass is 9.89. The van der Waals surface area contributed by atoms with E-state index in [1.54, 1.807) is 13.0 Å². The first-order valence-electron chi connectivity index (χ1n) is 7.72. The van der Waals surface area contributed by atoms with Gasteiger partial charge < -0.3 is 9.84 Å². The lowest BCUT2D eigenvalue weighted by Gasteiger charge is -2.23. The SMILES string of the molecule is COC(=O)c1cc(C)ccc1S(=O)(=O)N1C2CCC1C(C(=O)O)C2. The number of ether oxygens (including phenoxy) is 1. The van der Waals surface area contributed by atoms with Crippen molar-refractivity contribution in [2.45, 2.75) is 43.2 Å². The van der Waals surface area contributed by atoms with Crippen LogP contribution in [0, 0.1) is 12.8 Å². The normalized spacial score (nSPS) is 26.5. The fourth-order valence-corrected chi connectivity index (χ4v) is 5.91. The predicted octanol–water partition coefficient (Wildman–Crippen LogP) is 1.41. The average Bonchev–Trinajstić information content (AvgIpc) is 3.12. The molecular weight excluding hydrogens is 334 g/mol. The molecule has 130 valence electrons. The lowest BCUT2D eigenvalue weighted by Crippen LogP contribution is -2.38. The van der Waals surface area contributed by atoms with Crippen molar-refractivity contribution in [3.63, 3.8) is 0 Å². The van der Waals surface area contributed by atoms with Crippen LogP contribution in [0.25, 0.3) is 0 Å². The van der Waals surface area contributed by atoms with Crippen LogP contribution >= 0.6 is 0 Å². The summed E-state index contributed by atoms with van der Waals surface area (Å²) < 4.78 is 32.3. The van der Waals surface area contributed by atoms with E-state index >= 15 is 0 Å². The molecule has 3 atom stereocenters. The molecule has 1 N–H and O–H groups in total. The van der Waals surface area contributed by atoms with Gasteiger partial charge in [0.15, 0.2) is 0 Å². The van der Waals surface area contributed by atoms with E-state index in [-0.39, 0.29) is 16.5 Å². The molecule has 0 saturated carbocycles. The number of hydrogen-bond donors (Lipinski definition) is 1. The van der Waals surface area contributed by atoms with E-state index < -0.39 is 33.9 Å². The van der Waals surface area contributed by atoms with Gasteiger partial charge in [-0.25, -0.2) is 13.2 Å². The smallest absolute Gasteiger partial charge is 0.339 e. The van der Waals surface area contributed by atoms with Crippen molar-refractivity contribution in [2.24, 2.45) is 5.92 Å². The molecule has 2 aliphatic heterocycles. The molecule has 3 rings (SSSR count). The highest BCUT2D eigenvalue weighted by Crippen LogP contribution is 2.45. The van der Waals surface area contributed by atoms with Gasteiger partial charge in [-0.05, 0) is 38.3 Å². The third kappa shape index (κ3) is 2.50. The van der Waals surface area contributed by atoms with Crippen LogP contribution in [-0.2, 0) is 19.6 Å². The maximum Gasteiger partial charge on any atom is 0.339 e. The summed E-state index contributed by atoms with van der Waals surface area (Å²) in [5.41, 5.74) is 0.720. The third-order valence-corrected chi connectivity index (χ3v) is 6.92. The zero-order valence-electron chi connectivity index (χ0n) is 13.4. The number of aliphatic carboxylic acids is 1. The summed E-state index contributed by atoms with van der Waals surface area (Å²) >= 11 is 0. The summed E-state index contributed by atoms with van der Waals surface area (Å²) in [4.78, 5) is 23.2. The Kier molecular flexibility index (Phi) is 4.13. The fourth-order valence-electron chi connectivity index (χ4n) is 3.83. The number of carboxylic acid groups (broad SMARTS) is 1. The highest BCUT2D eigenvalue weighted by atomic mass is 32.2. The van der Waals surface area contributed by atoms with E-state index in [2.05, 4.69) is 0 Å². The van der Waals surface area contributed by atoms with Crippen molar-refractivity contribution < 1.29 is 27.9 Å². The molecule has 24 heavy (non-hydrogen) atoms. The molecule has 0 aromatic heterocycles. The number of fused-ring (bicyclic) bond motifs is 2. The first kappa shape index (κ1) is 16.9. The molecule has 2 saturated heterocycles. The summed E-state index contributed by atoms with van der Waals surface area (Å²) in [6.07, 6.45) is 1.49. The number of methoxy groups -OCH3 is 1. The van der Waals surface area contributed by atoms with E-state index in [0.717, 1.165) is 5.56 Å². The minimum atomic E-state index is -3.97. The Bertz CT molecular complexity index is 803. The Labute approximate surface area is 140 Å². The summed E-state index contributed by atoms with van der Waals surface area (Å²) in [5, 5.41) is 9.31. The van der Waals surface area contributed by atoms with Gasteiger partial charge in [0.25, 0.3) is 0 Å². The Morgan fingerprint density at radius 2 is 2.00 bits per heavy atom. The Morgan fingerprint density at radius 1 is 1.29 bits per heavy atom. The zero-order valence-corrected chi connectivity index (χ0v) is 14.2. The molecule has 7 nitrogen and oxygen atoms in total. The Morgan fingerprint density at radius 3 is 2.58 bits per heavy atom. The number of carbonyl (C=O) groups excluding carboxylic acids is 1. The number of carbonyl (C=O) groups is 2. The van der Waals surface area contributed by atoms with Gasteiger partial charge >= 0.3 is 11.9 Å². The van der Waals surface area contributed by atoms with Gasteiger partial charge in [-0.1, -0.05) is 11.6 Å². The van der Waals surface area contributed by atoms with E-state index in [4.69, 9.17) is 4.74 Å². The van der Waals surface area contributed by atoms with Crippen molar-refractivity contribution in [3.8, 4) is 0 Å². The van der Waals surface area contributed by atoms with Crippen molar-refractivity contribution >= 4 is 22.0 Å². The van der Waals surface area contributed by atoms with Gasteiger partial charge in [0.1, 0.15) is 0 Å². The molecule has 0 amide bonds. The maximum absolute atomic E-state index is 13.1. The number of rotatable bonds is 4. The van der Waals surface area contributed by atoms with Crippen LogP contribution in [0.1, 0.15) is 35.2 Å². The van der Waals surface area contributed by atoms with Crippen LogP contribution in [0.4, 0.5) is 0 Å². The van der Waals surface area contributed by atoms with E-state index in [0.29, 0.717) is 19.3 Å². The monoisotopic (exact) mass is 353 g/mol. The highest BCUT2D eigenvalue weighted by Gasteiger charge is 2.54. The topological polar surface area (TPSA) is 101 Å². The van der Waals surface area contributed by atoms with Gasteiger partial charge in [-0.3, -0.25) is 4.79 Å². The van der Waals surface area contributed by atoms with Crippen LogP contribution in [0.2, 0.25) is 0 Å². The minimum Gasteiger partial charge on any atom is -0.481 e. The lowest BCUT2D eigenvalue weighted by molar-refractivity contribution is -0.142. The summed E-state index contributed by atoms with van der Waals surface area (Å²) in [7, 11) is -2.78. The highest BCUT2D eigenvalue weighted by molar-refractivity contribution is 7.89. The van der Waals surface area contributed by atoms with E-state index in [1.165, 1.54) is 23.5 Å². The standard InChI is InChI=1S/C16H19NO6S/c1-9-3-6-14(12(7-9)16(20)23-2)24(21,22)17-10-4-5-13(17)11(8-10)15(18)19/h3,6-7,10-11,13H,4-5,8H2,1-2H3,(H,18,19). The Hall–Kier alpha value is -1.93. The van der Waals surface area contributed by atoms with Crippen LogP contribution < -0.4 is 0 Å². The number of aryl methyl sites for hydroxylation is 1. The van der Waals surface area contributed by atoms with Crippen molar-refractivity contribution in [2.75, 3.05) is 7.11 Å². The molecule has 0 spiro atoms. The second kappa shape index (κ2) is 5.86. The minimum absolute atomic E-state index is 0.0179. The van der Waals surface area contributed by atoms with Crippen LogP contribution in [-0.4, -0.2) is 49.0 Å². The number of esters is 1. The van der Waals surface area contributed by atoms with Gasteiger partial charge in [0.2, 0.25) is 10.0 Å². The molecule has 3 unspecified atom stereocenters. The largest absolute Gasteiger partial charge is 0.481 e. The maximum atomic E-state index is 13.1. The fraction of sp³-hybridized carbons (Fsp3) is 0.500. The predicted molar refractivity (Wildman–Crippen MR) is 84.1 cm³/mol. The van der Waals surface area contributed by atoms with Crippen LogP contribution in [0.15, 0.2) is 23.1 Å². The van der Waals surface area contributed by atoms with Crippen molar-refractivity contribution in [1.29, 1.82) is 0 Å². The zero-order chi connectivity index (χ0) is 17.6. The molecule has 2 bridgehead atoms. The molecule has 1 aromatic rings. The molecule has 0 aliphatic carbocycles. The van der Waals surface area contributed by atoms with Gasteiger partial charge in [0, 0.05) is 12.1 Å². The van der Waals surface area contributed by atoms with Crippen LogP contribution in [0.3, 0.4) is 0 Å². The van der Waals surface area contributed by atoms with Crippen molar-refractivity contribution in [3.05, 3.63) is 29.3 Å². The molecular formula is C16H19NO6S. The first-order valence-corrected chi connectivity index (χ1v) is 9.16. The number of carboxylic acids is 1. The summed E-state index contributed by atoms with van der Waals surface area (Å²) in [6, 6.07) is 3.61. The van der Waals surface area contributed by atoms with Gasteiger partial charge in [0.05, 0.1) is 23.5 Å². The molecule has 2 heterocycles. The summed E-state index contributed by atoms with van der Waals surface area (Å²) in [6.45, 7) is 1.75. The Balaban J connectivity index is 2.07. The second-order valence-electron chi connectivity index (χ2n) is 6.31. The van der Waals surface area contributed by atoms with Gasteiger partial charge in [-0.2, -0.15) is 4.31 Å². The third-order valence-electron chi connectivity index (χ3n) is 4.89. The molecule has 2 fully saturated rings. The molecule has 2 aliphatic rings. The molecule has 0 radical (unpaired) electrons. The quantitative estimate of drug-likeness (QED) is 0.821. The van der Waals surface area contributed by atoms with Crippen molar-refractivity contribution in [1.82, 2.24) is 4.31 Å². The van der Waals surface area contributed by atoms with Gasteiger partial charge in [-0.15, -0.1) is 0 Å². The molecule has 8 heteroatoms. The number of benzene rings is 1. The number of hydrogen-bond acceptors (Lipinski definition) is 5.